The number of para-hydroxylation sites is 1. The maximum absolute atomic E-state index is 13.2. The lowest BCUT2D eigenvalue weighted by molar-refractivity contribution is 0.105. The SMILES string of the molecule is C=CCSCCNCC(O)COc1ccccc1F. The molecule has 0 aliphatic heterocycles. The van der Waals surface area contributed by atoms with E-state index in [1.165, 1.54) is 6.07 Å². The highest BCUT2D eigenvalue weighted by atomic mass is 32.2. The summed E-state index contributed by atoms with van der Waals surface area (Å²) in [6.07, 6.45) is 1.21. The molecule has 19 heavy (non-hydrogen) atoms. The Morgan fingerprint density at radius 1 is 1.47 bits per heavy atom. The molecule has 2 N–H and O–H groups in total. The number of nitrogens with one attached hydrogen (secondary N) is 1. The Labute approximate surface area is 117 Å². The van der Waals surface area contributed by atoms with Crippen molar-refractivity contribution < 1.29 is 14.2 Å². The van der Waals surface area contributed by atoms with Gasteiger partial charge in [-0.15, -0.1) is 6.58 Å². The molecule has 3 nitrogen and oxygen atoms in total. The first-order chi connectivity index (χ1) is 9.24. The van der Waals surface area contributed by atoms with Crippen molar-refractivity contribution in [2.45, 2.75) is 6.10 Å². The Balaban J connectivity index is 2.09. The third-order valence-corrected chi connectivity index (χ3v) is 3.27. The van der Waals surface area contributed by atoms with Crippen LogP contribution in [0.2, 0.25) is 0 Å². The normalized spacial score (nSPS) is 12.1. The van der Waals surface area contributed by atoms with Crippen LogP contribution in [0.25, 0.3) is 0 Å². The van der Waals surface area contributed by atoms with E-state index in [4.69, 9.17) is 4.74 Å². The molecule has 0 heterocycles. The van der Waals surface area contributed by atoms with Crippen molar-refractivity contribution in [1.82, 2.24) is 5.32 Å². The summed E-state index contributed by atoms with van der Waals surface area (Å²) in [4.78, 5) is 0. The molecule has 106 valence electrons. The molecule has 0 aliphatic carbocycles. The van der Waals surface area contributed by atoms with Gasteiger partial charge in [-0.1, -0.05) is 18.2 Å². The first-order valence-electron chi connectivity index (χ1n) is 6.18. The number of rotatable bonds is 10. The van der Waals surface area contributed by atoms with Crippen LogP contribution in [0.3, 0.4) is 0 Å². The predicted octanol–water partition coefficient (Wildman–Crippen LogP) is 2.07. The molecule has 0 spiro atoms. The average Bonchev–Trinajstić information content (AvgIpc) is 2.42. The van der Waals surface area contributed by atoms with Gasteiger partial charge in [0, 0.05) is 24.6 Å². The van der Waals surface area contributed by atoms with Gasteiger partial charge in [0.2, 0.25) is 0 Å². The largest absolute Gasteiger partial charge is 0.488 e. The molecule has 1 aromatic carbocycles. The van der Waals surface area contributed by atoms with Gasteiger partial charge in [0.1, 0.15) is 12.7 Å². The highest BCUT2D eigenvalue weighted by Crippen LogP contribution is 2.15. The zero-order valence-electron chi connectivity index (χ0n) is 10.8. The lowest BCUT2D eigenvalue weighted by Crippen LogP contribution is -2.32. The Kier molecular flexibility index (Phi) is 8.29. The van der Waals surface area contributed by atoms with Crippen molar-refractivity contribution in [3.05, 3.63) is 42.7 Å². The van der Waals surface area contributed by atoms with Crippen molar-refractivity contribution in [3.63, 3.8) is 0 Å². The van der Waals surface area contributed by atoms with E-state index in [0.29, 0.717) is 6.54 Å². The number of aliphatic hydroxyl groups is 1. The van der Waals surface area contributed by atoms with Gasteiger partial charge in [-0.05, 0) is 12.1 Å². The van der Waals surface area contributed by atoms with E-state index in [1.807, 2.05) is 6.08 Å². The number of hydrogen-bond donors (Lipinski definition) is 2. The molecule has 1 aromatic rings. The minimum absolute atomic E-state index is 0.0771. The van der Waals surface area contributed by atoms with Crippen LogP contribution in [-0.2, 0) is 0 Å². The average molecular weight is 285 g/mol. The fraction of sp³-hybridized carbons (Fsp3) is 0.429. The van der Waals surface area contributed by atoms with Gasteiger partial charge < -0.3 is 15.2 Å². The predicted molar refractivity (Wildman–Crippen MR) is 78.3 cm³/mol. The summed E-state index contributed by atoms with van der Waals surface area (Å²) in [5, 5.41) is 12.8. The second-order valence-corrected chi connectivity index (χ2v) is 5.11. The van der Waals surface area contributed by atoms with Crippen molar-refractivity contribution >= 4 is 11.8 Å². The van der Waals surface area contributed by atoms with Crippen LogP contribution >= 0.6 is 11.8 Å². The molecule has 0 saturated heterocycles. The molecular weight excluding hydrogens is 265 g/mol. The van der Waals surface area contributed by atoms with E-state index in [0.717, 1.165) is 18.1 Å². The van der Waals surface area contributed by atoms with Gasteiger partial charge in [-0.25, -0.2) is 4.39 Å². The summed E-state index contributed by atoms with van der Waals surface area (Å²) in [7, 11) is 0. The molecule has 0 radical (unpaired) electrons. The fourth-order valence-corrected chi connectivity index (χ4v) is 2.01. The minimum atomic E-state index is -0.649. The van der Waals surface area contributed by atoms with Crippen LogP contribution in [-0.4, -0.2) is 42.4 Å². The zero-order chi connectivity index (χ0) is 13.9. The van der Waals surface area contributed by atoms with E-state index in [-0.39, 0.29) is 12.4 Å². The number of ether oxygens (including phenoxy) is 1. The number of hydrogen-bond acceptors (Lipinski definition) is 4. The lowest BCUT2D eigenvalue weighted by atomic mass is 10.3. The van der Waals surface area contributed by atoms with Gasteiger partial charge in [0.15, 0.2) is 11.6 Å². The number of thioether (sulfide) groups is 1. The van der Waals surface area contributed by atoms with Crippen molar-refractivity contribution in [2.24, 2.45) is 0 Å². The second kappa shape index (κ2) is 9.83. The number of benzene rings is 1. The molecule has 1 unspecified atom stereocenters. The smallest absolute Gasteiger partial charge is 0.165 e. The fourth-order valence-electron chi connectivity index (χ4n) is 1.39. The first-order valence-corrected chi connectivity index (χ1v) is 7.34. The molecule has 0 amide bonds. The zero-order valence-corrected chi connectivity index (χ0v) is 11.7. The Morgan fingerprint density at radius 3 is 3.00 bits per heavy atom. The van der Waals surface area contributed by atoms with Crippen LogP contribution in [0.5, 0.6) is 5.75 Å². The monoisotopic (exact) mass is 285 g/mol. The highest BCUT2D eigenvalue weighted by molar-refractivity contribution is 7.99. The summed E-state index contributed by atoms with van der Waals surface area (Å²) >= 11 is 1.77. The molecule has 0 aliphatic rings. The molecule has 0 aromatic heterocycles. The van der Waals surface area contributed by atoms with Gasteiger partial charge in [0.05, 0.1) is 0 Å². The van der Waals surface area contributed by atoms with Gasteiger partial charge in [0.25, 0.3) is 0 Å². The first kappa shape index (κ1) is 16.0. The van der Waals surface area contributed by atoms with Gasteiger partial charge >= 0.3 is 0 Å². The van der Waals surface area contributed by atoms with Crippen LogP contribution < -0.4 is 10.1 Å². The van der Waals surface area contributed by atoms with Gasteiger partial charge in [-0.3, -0.25) is 0 Å². The molecule has 0 bridgehead atoms. The highest BCUT2D eigenvalue weighted by Gasteiger charge is 2.07. The van der Waals surface area contributed by atoms with E-state index in [2.05, 4.69) is 11.9 Å². The molecule has 1 atom stereocenters. The van der Waals surface area contributed by atoms with E-state index in [1.54, 1.807) is 30.0 Å². The maximum Gasteiger partial charge on any atom is 0.165 e. The number of halogens is 1. The second-order valence-electron chi connectivity index (χ2n) is 3.96. The summed E-state index contributed by atoms with van der Waals surface area (Å²) in [6, 6.07) is 6.17. The summed E-state index contributed by atoms with van der Waals surface area (Å²) in [6.45, 7) is 4.96. The molecular formula is C14H20FNO2S. The third-order valence-electron chi connectivity index (χ3n) is 2.31. The van der Waals surface area contributed by atoms with E-state index < -0.39 is 11.9 Å². The van der Waals surface area contributed by atoms with Crippen LogP contribution in [0.4, 0.5) is 4.39 Å². The van der Waals surface area contributed by atoms with E-state index in [9.17, 15) is 9.50 Å². The third kappa shape index (κ3) is 7.20. The lowest BCUT2D eigenvalue weighted by Gasteiger charge is -2.13. The Morgan fingerprint density at radius 2 is 2.26 bits per heavy atom. The number of aliphatic hydroxyl groups excluding tert-OH is 1. The molecule has 1 rings (SSSR count). The molecule has 5 heteroatoms. The minimum Gasteiger partial charge on any atom is -0.488 e. The van der Waals surface area contributed by atoms with Crippen LogP contribution in [0.1, 0.15) is 0 Å². The standard InChI is InChI=1S/C14H20FNO2S/c1-2-8-19-9-7-16-10-12(17)11-18-14-6-4-3-5-13(14)15/h2-6,12,16-17H,1,7-11H2. The molecule has 0 saturated carbocycles. The summed E-state index contributed by atoms with van der Waals surface area (Å²) in [5.74, 6) is 1.65. The summed E-state index contributed by atoms with van der Waals surface area (Å²) in [5.41, 5.74) is 0. The van der Waals surface area contributed by atoms with Crippen LogP contribution in [0.15, 0.2) is 36.9 Å². The quantitative estimate of drug-likeness (QED) is 0.510. The molecule has 0 fully saturated rings. The van der Waals surface area contributed by atoms with E-state index >= 15 is 0 Å². The summed E-state index contributed by atoms with van der Waals surface area (Å²) < 4.78 is 18.4. The Hall–Kier alpha value is -1.04. The van der Waals surface area contributed by atoms with Crippen molar-refractivity contribution in [3.8, 4) is 5.75 Å². The van der Waals surface area contributed by atoms with Crippen molar-refractivity contribution in [1.29, 1.82) is 0 Å². The van der Waals surface area contributed by atoms with Crippen LogP contribution in [0, 0.1) is 5.82 Å². The van der Waals surface area contributed by atoms with Crippen molar-refractivity contribution in [2.75, 3.05) is 31.2 Å². The topological polar surface area (TPSA) is 41.5 Å². The maximum atomic E-state index is 13.2. The van der Waals surface area contributed by atoms with Gasteiger partial charge in [-0.2, -0.15) is 11.8 Å². The Bertz CT molecular complexity index is 376.